The molecular formula is C10H15BrN2O3S. The maximum atomic E-state index is 12.2. The van der Waals surface area contributed by atoms with Crippen LogP contribution in [0, 0.1) is 0 Å². The Morgan fingerprint density at radius 1 is 1.47 bits per heavy atom. The predicted molar refractivity (Wildman–Crippen MR) is 70.1 cm³/mol. The Morgan fingerprint density at radius 3 is 2.59 bits per heavy atom. The van der Waals surface area contributed by atoms with Crippen molar-refractivity contribution < 1.29 is 13.5 Å². The van der Waals surface area contributed by atoms with Crippen molar-refractivity contribution >= 4 is 31.6 Å². The van der Waals surface area contributed by atoms with E-state index in [0.29, 0.717) is 16.7 Å². The summed E-state index contributed by atoms with van der Waals surface area (Å²) in [5.74, 6) is 0. The van der Waals surface area contributed by atoms with Gasteiger partial charge in [-0.05, 0) is 34.1 Å². The second kappa shape index (κ2) is 5.81. The van der Waals surface area contributed by atoms with Crippen LogP contribution in [0.25, 0.3) is 0 Å². The summed E-state index contributed by atoms with van der Waals surface area (Å²) in [6.07, 6.45) is 0. The van der Waals surface area contributed by atoms with Crippen LogP contribution < -0.4 is 5.73 Å². The van der Waals surface area contributed by atoms with Gasteiger partial charge in [-0.15, -0.1) is 0 Å². The summed E-state index contributed by atoms with van der Waals surface area (Å²) in [6, 6.07) is 4.48. The van der Waals surface area contributed by atoms with Crippen molar-refractivity contribution in [3.05, 3.63) is 22.7 Å². The van der Waals surface area contributed by atoms with E-state index < -0.39 is 10.0 Å². The van der Waals surface area contributed by atoms with Gasteiger partial charge in [0.15, 0.2) is 0 Å². The summed E-state index contributed by atoms with van der Waals surface area (Å²) < 4.78 is 26.2. The van der Waals surface area contributed by atoms with Crippen molar-refractivity contribution in [3.8, 4) is 0 Å². The number of aliphatic hydroxyl groups is 1. The van der Waals surface area contributed by atoms with E-state index in [0.717, 1.165) is 0 Å². The van der Waals surface area contributed by atoms with Crippen molar-refractivity contribution in [2.24, 2.45) is 0 Å². The van der Waals surface area contributed by atoms with Crippen LogP contribution in [0.15, 0.2) is 27.6 Å². The monoisotopic (exact) mass is 322 g/mol. The normalized spacial score (nSPS) is 12.0. The summed E-state index contributed by atoms with van der Waals surface area (Å²) in [4.78, 5) is 0.133. The number of benzene rings is 1. The number of hydrogen-bond acceptors (Lipinski definition) is 4. The maximum absolute atomic E-state index is 12.2. The molecule has 1 rings (SSSR count). The molecule has 0 saturated heterocycles. The molecule has 0 unspecified atom stereocenters. The quantitative estimate of drug-likeness (QED) is 0.793. The van der Waals surface area contributed by atoms with Gasteiger partial charge in [-0.1, -0.05) is 6.92 Å². The SMILES string of the molecule is CCN(CCO)S(=O)(=O)c1ccc(Br)c(N)c1. The summed E-state index contributed by atoms with van der Waals surface area (Å²) >= 11 is 3.21. The van der Waals surface area contributed by atoms with Gasteiger partial charge in [0, 0.05) is 23.2 Å². The summed E-state index contributed by atoms with van der Waals surface area (Å²) in [5.41, 5.74) is 6.02. The topological polar surface area (TPSA) is 83.6 Å². The Labute approximate surface area is 109 Å². The van der Waals surface area contributed by atoms with E-state index in [1.165, 1.54) is 16.4 Å². The number of nitrogens with zero attached hydrogens (tertiary/aromatic N) is 1. The molecule has 0 atom stereocenters. The van der Waals surface area contributed by atoms with Gasteiger partial charge in [-0.25, -0.2) is 8.42 Å². The Bertz CT molecular complexity index is 490. The number of halogens is 1. The smallest absolute Gasteiger partial charge is 0.243 e. The lowest BCUT2D eigenvalue weighted by Crippen LogP contribution is -2.33. The zero-order chi connectivity index (χ0) is 13.1. The van der Waals surface area contributed by atoms with Crippen LogP contribution in [-0.4, -0.2) is 37.5 Å². The molecule has 17 heavy (non-hydrogen) atoms. The first-order valence-corrected chi connectivity index (χ1v) is 7.32. The number of nitrogens with two attached hydrogens (primary N) is 1. The molecule has 0 heterocycles. The second-order valence-electron chi connectivity index (χ2n) is 3.40. The molecule has 1 aromatic carbocycles. The Kier molecular flexibility index (Phi) is 4.93. The van der Waals surface area contributed by atoms with E-state index in [1.807, 2.05) is 0 Å². The standard InChI is InChI=1S/C10H15BrN2O3S/c1-2-13(5-6-14)17(15,16)8-3-4-9(11)10(12)7-8/h3-4,7,14H,2,5-6,12H2,1H3. The summed E-state index contributed by atoms with van der Waals surface area (Å²) in [7, 11) is -3.58. The minimum Gasteiger partial charge on any atom is -0.398 e. The van der Waals surface area contributed by atoms with Crippen LogP contribution in [0.3, 0.4) is 0 Å². The average Bonchev–Trinajstić information content (AvgIpc) is 2.29. The molecule has 1 aromatic rings. The highest BCUT2D eigenvalue weighted by Gasteiger charge is 2.22. The van der Waals surface area contributed by atoms with E-state index in [2.05, 4.69) is 15.9 Å². The molecule has 0 amide bonds. The van der Waals surface area contributed by atoms with E-state index in [1.54, 1.807) is 13.0 Å². The van der Waals surface area contributed by atoms with Crippen LogP contribution in [0.2, 0.25) is 0 Å². The number of hydrogen-bond donors (Lipinski definition) is 2. The molecule has 0 saturated carbocycles. The van der Waals surface area contributed by atoms with Gasteiger partial charge in [-0.3, -0.25) is 0 Å². The third-order valence-corrected chi connectivity index (χ3v) is 5.00. The maximum Gasteiger partial charge on any atom is 0.243 e. The van der Waals surface area contributed by atoms with Gasteiger partial charge in [-0.2, -0.15) is 4.31 Å². The first-order valence-electron chi connectivity index (χ1n) is 5.09. The summed E-state index contributed by atoms with van der Waals surface area (Å²) in [5, 5.41) is 8.84. The Hall–Kier alpha value is -0.630. The lowest BCUT2D eigenvalue weighted by Gasteiger charge is -2.19. The third kappa shape index (κ3) is 3.19. The minimum atomic E-state index is -3.58. The summed E-state index contributed by atoms with van der Waals surface area (Å²) in [6.45, 7) is 1.89. The fraction of sp³-hybridized carbons (Fsp3) is 0.400. The molecule has 5 nitrogen and oxygen atoms in total. The van der Waals surface area contributed by atoms with Crippen LogP contribution in [0.1, 0.15) is 6.92 Å². The van der Waals surface area contributed by atoms with Crippen molar-refractivity contribution in [1.82, 2.24) is 4.31 Å². The van der Waals surface area contributed by atoms with Gasteiger partial charge in [0.2, 0.25) is 10.0 Å². The molecule has 0 aliphatic rings. The fourth-order valence-corrected chi connectivity index (χ4v) is 3.11. The van der Waals surface area contributed by atoms with Crippen molar-refractivity contribution in [2.75, 3.05) is 25.4 Å². The highest BCUT2D eigenvalue weighted by Crippen LogP contribution is 2.24. The second-order valence-corrected chi connectivity index (χ2v) is 6.20. The molecule has 0 aliphatic carbocycles. The van der Waals surface area contributed by atoms with E-state index in [-0.39, 0.29) is 18.0 Å². The van der Waals surface area contributed by atoms with Gasteiger partial charge >= 0.3 is 0 Å². The third-order valence-electron chi connectivity index (χ3n) is 2.31. The van der Waals surface area contributed by atoms with Crippen LogP contribution in [0.4, 0.5) is 5.69 Å². The van der Waals surface area contributed by atoms with Crippen LogP contribution >= 0.6 is 15.9 Å². The number of aliphatic hydroxyl groups excluding tert-OH is 1. The average molecular weight is 323 g/mol. The molecule has 7 heteroatoms. The zero-order valence-electron chi connectivity index (χ0n) is 9.43. The van der Waals surface area contributed by atoms with Gasteiger partial charge in [0.05, 0.1) is 11.5 Å². The number of rotatable bonds is 5. The van der Waals surface area contributed by atoms with Gasteiger partial charge in [0.25, 0.3) is 0 Å². The van der Waals surface area contributed by atoms with E-state index in [9.17, 15) is 8.42 Å². The lowest BCUT2D eigenvalue weighted by molar-refractivity contribution is 0.257. The van der Waals surface area contributed by atoms with Crippen molar-refractivity contribution in [2.45, 2.75) is 11.8 Å². The molecule has 0 fully saturated rings. The minimum absolute atomic E-state index is 0.0782. The van der Waals surface area contributed by atoms with E-state index in [4.69, 9.17) is 10.8 Å². The molecule has 3 N–H and O–H groups in total. The van der Waals surface area contributed by atoms with Gasteiger partial charge in [0.1, 0.15) is 0 Å². The molecule has 0 aromatic heterocycles. The molecule has 0 radical (unpaired) electrons. The molecular weight excluding hydrogens is 308 g/mol. The largest absolute Gasteiger partial charge is 0.398 e. The first-order chi connectivity index (χ1) is 7.93. The molecule has 0 aliphatic heterocycles. The highest BCUT2D eigenvalue weighted by atomic mass is 79.9. The number of nitrogen functional groups attached to an aromatic ring is 1. The first kappa shape index (κ1) is 14.4. The molecule has 0 bridgehead atoms. The Balaban J connectivity index is 3.15. The fourth-order valence-electron chi connectivity index (χ4n) is 1.39. The van der Waals surface area contributed by atoms with E-state index >= 15 is 0 Å². The van der Waals surface area contributed by atoms with Crippen LogP contribution in [0.5, 0.6) is 0 Å². The lowest BCUT2D eigenvalue weighted by atomic mass is 10.3. The number of likely N-dealkylation sites (N-methyl/N-ethyl adjacent to an activating group) is 1. The zero-order valence-corrected chi connectivity index (χ0v) is 11.8. The predicted octanol–water partition coefficient (Wildman–Crippen LogP) is 1.03. The molecule has 96 valence electrons. The number of anilines is 1. The highest BCUT2D eigenvalue weighted by molar-refractivity contribution is 9.10. The van der Waals surface area contributed by atoms with Gasteiger partial charge < -0.3 is 10.8 Å². The Morgan fingerprint density at radius 2 is 2.12 bits per heavy atom. The van der Waals surface area contributed by atoms with Crippen LogP contribution in [-0.2, 0) is 10.0 Å². The number of sulfonamides is 1. The van der Waals surface area contributed by atoms with Crippen molar-refractivity contribution in [1.29, 1.82) is 0 Å². The van der Waals surface area contributed by atoms with Crippen molar-refractivity contribution in [3.63, 3.8) is 0 Å². The molecule has 0 spiro atoms.